The van der Waals surface area contributed by atoms with Crippen molar-refractivity contribution >= 4 is 0 Å². The summed E-state index contributed by atoms with van der Waals surface area (Å²) in [6.07, 6.45) is -7.92. The quantitative estimate of drug-likeness (QED) is 0.626. The van der Waals surface area contributed by atoms with Crippen LogP contribution in [0.3, 0.4) is 0 Å². The van der Waals surface area contributed by atoms with Crippen molar-refractivity contribution in [1.82, 2.24) is 0 Å². The number of rotatable bonds is 4. The molecule has 0 aromatic rings. The van der Waals surface area contributed by atoms with Gasteiger partial charge in [-0.1, -0.05) is 0 Å². The molecule has 0 aromatic heterocycles. The Hall–Kier alpha value is -0.580. The summed E-state index contributed by atoms with van der Waals surface area (Å²) in [6, 6.07) is -0.934. The molecule has 4 N–H and O–H groups in total. The molecule has 0 bridgehead atoms. The van der Waals surface area contributed by atoms with Crippen LogP contribution in [0.5, 0.6) is 0 Å². The van der Waals surface area contributed by atoms with Crippen LogP contribution < -0.4 is 11.5 Å². The van der Waals surface area contributed by atoms with E-state index in [0.29, 0.717) is 38.5 Å². The average Bonchev–Trinajstić information content (AvgIpc) is 2.64. The molecule has 0 spiro atoms. The second-order valence-electron chi connectivity index (χ2n) is 9.19. The molecule has 3 rings (SSSR count). The minimum absolute atomic E-state index is 0.130. The molecule has 30 heavy (non-hydrogen) atoms. The molecule has 10 heteroatoms. The Kier molecular flexibility index (Phi) is 7.62. The molecule has 3 fully saturated rings. The maximum absolute atomic E-state index is 13.3. The van der Waals surface area contributed by atoms with E-state index in [9.17, 15) is 26.3 Å². The zero-order valence-electron chi connectivity index (χ0n) is 16.9. The molecule has 3 aliphatic carbocycles. The highest BCUT2D eigenvalue weighted by molar-refractivity contribution is 4.90. The topological polar surface area (TPSA) is 70.5 Å². The van der Waals surface area contributed by atoms with Gasteiger partial charge in [-0.25, -0.2) is 0 Å². The van der Waals surface area contributed by atoms with E-state index in [0.717, 1.165) is 0 Å². The van der Waals surface area contributed by atoms with E-state index in [1.165, 1.54) is 0 Å². The summed E-state index contributed by atoms with van der Waals surface area (Å²) < 4.78 is 91.7. The van der Waals surface area contributed by atoms with Crippen molar-refractivity contribution in [2.75, 3.05) is 0 Å². The molecule has 0 amide bonds. The summed E-state index contributed by atoms with van der Waals surface area (Å²) in [6.45, 7) is 0. The van der Waals surface area contributed by atoms with E-state index >= 15 is 0 Å². The lowest BCUT2D eigenvalue weighted by Crippen LogP contribution is -2.47. The van der Waals surface area contributed by atoms with Gasteiger partial charge in [-0.3, -0.25) is 0 Å². The lowest BCUT2D eigenvalue weighted by atomic mass is 9.82. The van der Waals surface area contributed by atoms with Gasteiger partial charge in [0.2, 0.25) is 0 Å². The summed E-state index contributed by atoms with van der Waals surface area (Å²) >= 11 is 0. The molecule has 0 aliphatic heterocycles. The highest BCUT2D eigenvalue weighted by Gasteiger charge is 2.50. The first kappa shape index (κ1) is 24.1. The van der Waals surface area contributed by atoms with Crippen molar-refractivity contribution in [1.29, 1.82) is 0 Å². The van der Waals surface area contributed by atoms with Crippen LogP contribution >= 0.6 is 0 Å². The Morgan fingerprint density at radius 2 is 0.867 bits per heavy atom. The predicted molar refractivity (Wildman–Crippen MR) is 98.5 cm³/mol. The summed E-state index contributed by atoms with van der Waals surface area (Å²) in [5.74, 6) is -3.12. The molecule has 0 radical (unpaired) electrons. The monoisotopic (exact) mass is 446 g/mol. The van der Waals surface area contributed by atoms with Crippen molar-refractivity contribution in [2.24, 2.45) is 23.3 Å². The predicted octanol–water partition coefficient (Wildman–Crippen LogP) is 4.45. The molecular formula is C20H32F6N2O2. The zero-order valence-corrected chi connectivity index (χ0v) is 16.9. The van der Waals surface area contributed by atoms with Crippen molar-refractivity contribution in [3.8, 4) is 0 Å². The minimum atomic E-state index is -4.35. The lowest BCUT2D eigenvalue weighted by Gasteiger charge is -2.41. The highest BCUT2D eigenvalue weighted by Crippen LogP contribution is 2.42. The van der Waals surface area contributed by atoms with Crippen LogP contribution in [0, 0.1) is 11.8 Å². The van der Waals surface area contributed by atoms with Gasteiger partial charge in [0, 0.05) is 12.1 Å². The van der Waals surface area contributed by atoms with E-state index in [1.807, 2.05) is 0 Å². The van der Waals surface area contributed by atoms with E-state index < -0.39 is 48.5 Å². The van der Waals surface area contributed by atoms with Gasteiger partial charge in [0.15, 0.2) is 0 Å². The molecule has 0 saturated heterocycles. The fourth-order valence-corrected chi connectivity index (χ4v) is 5.16. The molecule has 176 valence electrons. The third-order valence-electron chi connectivity index (χ3n) is 6.85. The molecule has 0 heterocycles. The summed E-state index contributed by atoms with van der Waals surface area (Å²) in [5, 5.41) is 0. The SMILES string of the molecule is NC1CCC(OC2CCC(OC3CCC(N)CC3C(F)(F)F)CC2)C(C(F)(F)F)C1. The van der Waals surface area contributed by atoms with Crippen LogP contribution in [0.4, 0.5) is 26.3 Å². The molecule has 3 aliphatic rings. The number of halogens is 6. The Morgan fingerprint density at radius 1 is 0.533 bits per heavy atom. The van der Waals surface area contributed by atoms with Gasteiger partial charge < -0.3 is 20.9 Å². The van der Waals surface area contributed by atoms with E-state index in [-0.39, 0.29) is 37.9 Å². The van der Waals surface area contributed by atoms with E-state index in [2.05, 4.69) is 0 Å². The smallest absolute Gasteiger partial charge is 0.374 e. The van der Waals surface area contributed by atoms with E-state index in [4.69, 9.17) is 20.9 Å². The van der Waals surface area contributed by atoms with Gasteiger partial charge in [-0.2, -0.15) is 26.3 Å². The molecule has 0 aromatic carbocycles. The van der Waals surface area contributed by atoms with Gasteiger partial charge in [0.25, 0.3) is 0 Å². The Balaban J connectivity index is 1.50. The number of hydrogen-bond donors (Lipinski definition) is 2. The van der Waals surface area contributed by atoms with Gasteiger partial charge in [-0.05, 0) is 64.2 Å². The molecular weight excluding hydrogens is 414 g/mol. The van der Waals surface area contributed by atoms with Crippen LogP contribution in [-0.4, -0.2) is 48.9 Å². The number of nitrogens with two attached hydrogens (primary N) is 2. The van der Waals surface area contributed by atoms with Crippen LogP contribution in [0.1, 0.15) is 64.2 Å². The van der Waals surface area contributed by atoms with Crippen LogP contribution in [0.2, 0.25) is 0 Å². The largest absolute Gasteiger partial charge is 0.394 e. The fourth-order valence-electron chi connectivity index (χ4n) is 5.16. The Morgan fingerprint density at radius 3 is 1.17 bits per heavy atom. The van der Waals surface area contributed by atoms with Gasteiger partial charge in [0.1, 0.15) is 0 Å². The average molecular weight is 446 g/mol. The van der Waals surface area contributed by atoms with Gasteiger partial charge >= 0.3 is 12.4 Å². The fraction of sp³-hybridized carbons (Fsp3) is 1.00. The second-order valence-corrected chi connectivity index (χ2v) is 9.19. The lowest BCUT2D eigenvalue weighted by molar-refractivity contribution is -0.234. The van der Waals surface area contributed by atoms with Crippen molar-refractivity contribution in [2.45, 2.75) is 113 Å². The summed E-state index contributed by atoms with van der Waals surface area (Å²) in [7, 11) is 0. The third kappa shape index (κ3) is 6.23. The van der Waals surface area contributed by atoms with Crippen LogP contribution in [0.15, 0.2) is 0 Å². The standard InChI is InChI=1S/C20H32F6N2O2/c21-19(22,23)15-9-11(27)1-7-17(15)29-13-3-5-14(6-4-13)30-18-8-2-12(28)10-16(18)20(24,25)26/h11-18H,1-10,27-28H2. The van der Waals surface area contributed by atoms with E-state index in [1.54, 1.807) is 0 Å². The zero-order chi connectivity index (χ0) is 22.1. The van der Waals surface area contributed by atoms with Crippen molar-refractivity contribution < 1.29 is 35.8 Å². The van der Waals surface area contributed by atoms with Gasteiger partial charge in [-0.15, -0.1) is 0 Å². The Labute approximate surface area is 173 Å². The molecule has 3 saturated carbocycles. The van der Waals surface area contributed by atoms with Crippen molar-refractivity contribution in [3.05, 3.63) is 0 Å². The first-order valence-electron chi connectivity index (χ1n) is 10.9. The highest BCUT2D eigenvalue weighted by atomic mass is 19.4. The normalized spacial score (nSPS) is 41.6. The second kappa shape index (κ2) is 9.50. The number of hydrogen-bond acceptors (Lipinski definition) is 4. The van der Waals surface area contributed by atoms with Crippen LogP contribution in [0.25, 0.3) is 0 Å². The minimum Gasteiger partial charge on any atom is -0.374 e. The first-order chi connectivity index (χ1) is 13.9. The maximum atomic E-state index is 13.3. The Bertz CT molecular complexity index is 502. The number of ether oxygens (including phenoxy) is 2. The maximum Gasteiger partial charge on any atom is 0.394 e. The van der Waals surface area contributed by atoms with Crippen molar-refractivity contribution in [3.63, 3.8) is 0 Å². The van der Waals surface area contributed by atoms with Crippen LogP contribution in [-0.2, 0) is 9.47 Å². The molecule has 4 nitrogen and oxygen atoms in total. The summed E-state index contributed by atoms with van der Waals surface area (Å²) in [5.41, 5.74) is 11.4. The molecule has 6 unspecified atom stereocenters. The third-order valence-corrected chi connectivity index (χ3v) is 6.85. The number of alkyl halides is 6. The molecule has 6 atom stereocenters. The first-order valence-corrected chi connectivity index (χ1v) is 10.9. The van der Waals surface area contributed by atoms with Gasteiger partial charge in [0.05, 0.1) is 36.3 Å². The summed E-state index contributed by atoms with van der Waals surface area (Å²) in [4.78, 5) is 0.